The number of nitrogen functional groups attached to an aromatic ring is 1. The van der Waals surface area contributed by atoms with E-state index in [2.05, 4.69) is 23.7 Å². The summed E-state index contributed by atoms with van der Waals surface area (Å²) in [5.41, 5.74) is 8.27. The summed E-state index contributed by atoms with van der Waals surface area (Å²) in [6.45, 7) is 6.75. The third kappa shape index (κ3) is 1.43. The molecule has 1 aliphatic rings. The minimum absolute atomic E-state index is 0.474. The Hall–Kier alpha value is -1.25. The summed E-state index contributed by atoms with van der Waals surface area (Å²) in [5, 5.41) is 0. The van der Waals surface area contributed by atoms with Gasteiger partial charge in [0.25, 0.3) is 0 Å². The number of anilines is 2. The van der Waals surface area contributed by atoms with Gasteiger partial charge in [0.15, 0.2) is 0 Å². The maximum Gasteiger partial charge on any atom is 0.0786 e. The van der Waals surface area contributed by atoms with Crippen molar-refractivity contribution in [1.29, 1.82) is 0 Å². The van der Waals surface area contributed by atoms with Crippen molar-refractivity contribution in [1.82, 2.24) is 4.98 Å². The summed E-state index contributed by atoms with van der Waals surface area (Å²) in [6.07, 6.45) is 4.81. The van der Waals surface area contributed by atoms with Gasteiger partial charge in [-0.05, 0) is 12.5 Å². The molecular formula is C11H17N3. The molecule has 0 aromatic carbocycles. The number of nitrogens with zero attached hydrogens (tertiary/aromatic N) is 2. The highest BCUT2D eigenvalue weighted by Gasteiger charge is 2.37. The number of aromatic nitrogens is 1. The van der Waals surface area contributed by atoms with Crippen molar-refractivity contribution in [2.75, 3.05) is 23.7 Å². The summed E-state index contributed by atoms with van der Waals surface area (Å²) in [6, 6.07) is 1.86. The van der Waals surface area contributed by atoms with Crippen LogP contribution >= 0.6 is 0 Å². The van der Waals surface area contributed by atoms with E-state index in [1.165, 1.54) is 6.42 Å². The van der Waals surface area contributed by atoms with Crippen molar-refractivity contribution in [2.24, 2.45) is 5.41 Å². The lowest BCUT2D eigenvalue weighted by molar-refractivity contribution is 0.234. The number of hydrogen-bond donors (Lipinski definition) is 1. The van der Waals surface area contributed by atoms with Gasteiger partial charge in [0.05, 0.1) is 17.6 Å². The molecule has 1 saturated heterocycles. The molecule has 1 aromatic rings. The summed E-state index contributed by atoms with van der Waals surface area (Å²) in [7, 11) is 0. The lowest BCUT2D eigenvalue weighted by Crippen LogP contribution is -2.54. The Morgan fingerprint density at radius 1 is 1.57 bits per heavy atom. The highest BCUT2D eigenvalue weighted by atomic mass is 15.2. The Balaban J connectivity index is 2.10. The zero-order chi connectivity index (χ0) is 10.2. The highest BCUT2D eigenvalue weighted by Crippen LogP contribution is 2.38. The molecule has 1 fully saturated rings. The number of hydrogen-bond acceptors (Lipinski definition) is 3. The van der Waals surface area contributed by atoms with Crippen LogP contribution < -0.4 is 10.6 Å². The van der Waals surface area contributed by atoms with Crippen LogP contribution in [-0.4, -0.2) is 18.1 Å². The van der Waals surface area contributed by atoms with E-state index in [-0.39, 0.29) is 0 Å². The minimum atomic E-state index is 0.474. The van der Waals surface area contributed by atoms with Crippen LogP contribution in [0, 0.1) is 5.41 Å². The predicted molar refractivity (Wildman–Crippen MR) is 59.3 cm³/mol. The second kappa shape index (κ2) is 3.15. The second-order valence-corrected chi connectivity index (χ2v) is 4.45. The Bertz CT molecular complexity index is 329. The minimum Gasteiger partial charge on any atom is -0.397 e. The molecule has 2 N–H and O–H groups in total. The molecule has 0 aliphatic carbocycles. The predicted octanol–water partition coefficient (Wildman–Crippen LogP) is 1.90. The van der Waals surface area contributed by atoms with Crippen LogP contribution in [0.15, 0.2) is 18.5 Å². The molecule has 0 unspecified atom stereocenters. The standard InChI is InChI=1S/C11H17N3/c1-3-11(2)7-14(8-11)10-6-13-5-4-9(10)12/h4-6H,3,7-8H2,1-2H3,(H2,12,13). The molecule has 1 aromatic heterocycles. The fraction of sp³-hybridized carbons (Fsp3) is 0.545. The van der Waals surface area contributed by atoms with Crippen LogP contribution in [-0.2, 0) is 0 Å². The summed E-state index contributed by atoms with van der Waals surface area (Å²) in [4.78, 5) is 6.40. The van der Waals surface area contributed by atoms with Gasteiger partial charge in [-0.25, -0.2) is 0 Å². The summed E-state index contributed by atoms with van der Waals surface area (Å²) in [5.74, 6) is 0. The van der Waals surface area contributed by atoms with Gasteiger partial charge in [-0.2, -0.15) is 0 Å². The fourth-order valence-electron chi connectivity index (χ4n) is 1.93. The van der Waals surface area contributed by atoms with E-state index in [1.807, 2.05) is 12.3 Å². The van der Waals surface area contributed by atoms with Crippen molar-refractivity contribution in [2.45, 2.75) is 20.3 Å². The fourth-order valence-corrected chi connectivity index (χ4v) is 1.93. The maximum absolute atomic E-state index is 5.88. The molecule has 3 nitrogen and oxygen atoms in total. The second-order valence-electron chi connectivity index (χ2n) is 4.45. The van der Waals surface area contributed by atoms with E-state index in [9.17, 15) is 0 Å². The molecular weight excluding hydrogens is 174 g/mol. The van der Waals surface area contributed by atoms with E-state index in [0.717, 1.165) is 24.5 Å². The largest absolute Gasteiger partial charge is 0.397 e. The number of nitrogens with two attached hydrogens (primary N) is 1. The first-order chi connectivity index (χ1) is 6.64. The van der Waals surface area contributed by atoms with E-state index < -0.39 is 0 Å². The SMILES string of the molecule is CCC1(C)CN(c2cnccc2N)C1. The molecule has 2 heterocycles. The van der Waals surface area contributed by atoms with E-state index in [4.69, 9.17) is 5.73 Å². The topological polar surface area (TPSA) is 42.2 Å². The van der Waals surface area contributed by atoms with Crippen LogP contribution in [0.1, 0.15) is 20.3 Å². The van der Waals surface area contributed by atoms with Crippen molar-refractivity contribution < 1.29 is 0 Å². The van der Waals surface area contributed by atoms with Crippen LogP contribution in [0.3, 0.4) is 0 Å². The van der Waals surface area contributed by atoms with Crippen LogP contribution in [0.4, 0.5) is 11.4 Å². The average molecular weight is 191 g/mol. The van der Waals surface area contributed by atoms with E-state index >= 15 is 0 Å². The smallest absolute Gasteiger partial charge is 0.0786 e. The number of rotatable bonds is 2. The Kier molecular flexibility index (Phi) is 2.10. The lowest BCUT2D eigenvalue weighted by atomic mass is 9.79. The van der Waals surface area contributed by atoms with Gasteiger partial charge in [-0.15, -0.1) is 0 Å². The van der Waals surface area contributed by atoms with Crippen molar-refractivity contribution >= 4 is 11.4 Å². The quantitative estimate of drug-likeness (QED) is 0.776. The molecule has 3 heteroatoms. The Morgan fingerprint density at radius 2 is 2.29 bits per heavy atom. The van der Waals surface area contributed by atoms with Crippen LogP contribution in [0.25, 0.3) is 0 Å². The molecule has 0 atom stereocenters. The van der Waals surface area contributed by atoms with Gasteiger partial charge >= 0.3 is 0 Å². The normalized spacial score (nSPS) is 19.1. The van der Waals surface area contributed by atoms with Gasteiger partial charge in [-0.3, -0.25) is 4.98 Å². The van der Waals surface area contributed by atoms with Gasteiger partial charge in [0.2, 0.25) is 0 Å². The first-order valence-corrected chi connectivity index (χ1v) is 5.09. The third-order valence-electron chi connectivity index (χ3n) is 3.17. The van der Waals surface area contributed by atoms with Crippen molar-refractivity contribution in [3.8, 4) is 0 Å². The molecule has 0 amide bonds. The van der Waals surface area contributed by atoms with Crippen molar-refractivity contribution in [3.63, 3.8) is 0 Å². The zero-order valence-electron chi connectivity index (χ0n) is 8.83. The molecule has 0 radical (unpaired) electrons. The molecule has 1 aliphatic heterocycles. The summed E-state index contributed by atoms with van der Waals surface area (Å²) >= 11 is 0. The van der Waals surface area contributed by atoms with E-state index in [0.29, 0.717) is 5.41 Å². The molecule has 0 bridgehead atoms. The van der Waals surface area contributed by atoms with Gasteiger partial charge in [0, 0.05) is 24.7 Å². The first-order valence-electron chi connectivity index (χ1n) is 5.09. The van der Waals surface area contributed by atoms with Crippen molar-refractivity contribution in [3.05, 3.63) is 18.5 Å². The van der Waals surface area contributed by atoms with Gasteiger partial charge < -0.3 is 10.6 Å². The maximum atomic E-state index is 5.88. The molecule has 0 saturated carbocycles. The Labute approximate surface area is 84.9 Å². The zero-order valence-corrected chi connectivity index (χ0v) is 8.83. The number of pyridine rings is 1. The highest BCUT2D eigenvalue weighted by molar-refractivity contribution is 5.67. The first kappa shape index (κ1) is 9.31. The van der Waals surface area contributed by atoms with Gasteiger partial charge in [-0.1, -0.05) is 13.8 Å². The van der Waals surface area contributed by atoms with Crippen LogP contribution in [0.5, 0.6) is 0 Å². The lowest BCUT2D eigenvalue weighted by Gasteiger charge is -2.49. The van der Waals surface area contributed by atoms with Crippen LogP contribution in [0.2, 0.25) is 0 Å². The van der Waals surface area contributed by atoms with Gasteiger partial charge in [0.1, 0.15) is 0 Å². The third-order valence-corrected chi connectivity index (χ3v) is 3.17. The molecule has 14 heavy (non-hydrogen) atoms. The summed E-state index contributed by atoms with van der Waals surface area (Å²) < 4.78 is 0. The Morgan fingerprint density at radius 3 is 2.86 bits per heavy atom. The van der Waals surface area contributed by atoms with E-state index in [1.54, 1.807) is 6.20 Å². The average Bonchev–Trinajstić information content (AvgIpc) is 2.14. The molecule has 76 valence electrons. The monoisotopic (exact) mass is 191 g/mol. The molecule has 0 spiro atoms. The molecule has 2 rings (SSSR count).